The van der Waals surface area contributed by atoms with E-state index in [2.05, 4.69) is 5.32 Å². The van der Waals surface area contributed by atoms with Gasteiger partial charge in [0.15, 0.2) is 0 Å². The lowest BCUT2D eigenvalue weighted by Crippen LogP contribution is -2.42. The summed E-state index contributed by atoms with van der Waals surface area (Å²) in [6.45, 7) is 0.171. The van der Waals surface area contributed by atoms with Gasteiger partial charge in [-0.3, -0.25) is 4.79 Å². The average molecular weight is 355 g/mol. The molecule has 1 amide bonds. The summed E-state index contributed by atoms with van der Waals surface area (Å²) in [5.41, 5.74) is 0.320. The molecule has 1 unspecified atom stereocenters. The minimum Gasteiger partial charge on any atom is -0.464 e. The minimum atomic E-state index is -0.728. The molecule has 1 aromatic rings. The van der Waals surface area contributed by atoms with Crippen LogP contribution in [-0.4, -0.2) is 36.5 Å². The molecule has 0 aliphatic heterocycles. The highest BCUT2D eigenvalue weighted by molar-refractivity contribution is 7.98. The third-order valence-electron chi connectivity index (χ3n) is 3.00. The third-order valence-corrected chi connectivity index (χ3v) is 3.97. The molecule has 1 N–H and O–H groups in total. The highest BCUT2D eigenvalue weighted by Crippen LogP contribution is 2.15. The number of unbranched alkanes of at least 4 members (excludes halogenated alkanes) is 1. The summed E-state index contributed by atoms with van der Waals surface area (Å²) in [4.78, 5) is 24.4. The van der Waals surface area contributed by atoms with Crippen molar-refractivity contribution in [1.29, 1.82) is 5.26 Å². The van der Waals surface area contributed by atoms with Crippen LogP contribution in [0.25, 0.3) is 0 Å². The van der Waals surface area contributed by atoms with Crippen molar-refractivity contribution in [3.8, 4) is 6.07 Å². The molecule has 1 atom stereocenters. The highest BCUT2D eigenvalue weighted by atomic mass is 35.5. The van der Waals surface area contributed by atoms with Crippen molar-refractivity contribution in [3.63, 3.8) is 0 Å². The Morgan fingerprint density at radius 1 is 1.43 bits per heavy atom. The standard InChI is InChI=1S/C16H19ClN2O3S/c1-23-11-8-14(16(21)22-10-5-4-9-18)19-15(20)12-6-2-3-7-13(12)17/h2-3,6-7,14H,4-5,8,10-11H2,1H3,(H,19,20). The molecule has 0 heterocycles. The lowest BCUT2D eigenvalue weighted by molar-refractivity contribution is -0.146. The summed E-state index contributed by atoms with van der Waals surface area (Å²) in [5, 5.41) is 11.5. The normalized spacial score (nSPS) is 11.3. The summed E-state index contributed by atoms with van der Waals surface area (Å²) in [6.07, 6.45) is 3.20. The van der Waals surface area contributed by atoms with E-state index < -0.39 is 17.9 Å². The Morgan fingerprint density at radius 2 is 2.17 bits per heavy atom. The lowest BCUT2D eigenvalue weighted by atomic mass is 10.1. The number of ether oxygens (including phenoxy) is 1. The van der Waals surface area contributed by atoms with Crippen LogP contribution in [0.1, 0.15) is 29.6 Å². The number of rotatable bonds is 9. The average Bonchev–Trinajstić information content (AvgIpc) is 2.55. The largest absolute Gasteiger partial charge is 0.464 e. The summed E-state index contributed by atoms with van der Waals surface area (Å²) in [7, 11) is 0. The number of hydrogen-bond acceptors (Lipinski definition) is 5. The molecule has 5 nitrogen and oxygen atoms in total. The van der Waals surface area contributed by atoms with Gasteiger partial charge in [0.2, 0.25) is 0 Å². The van der Waals surface area contributed by atoms with E-state index in [0.29, 0.717) is 35.6 Å². The smallest absolute Gasteiger partial charge is 0.328 e. The van der Waals surface area contributed by atoms with E-state index in [-0.39, 0.29) is 6.61 Å². The Labute approximate surface area is 145 Å². The van der Waals surface area contributed by atoms with E-state index in [1.165, 1.54) is 0 Å². The summed E-state index contributed by atoms with van der Waals surface area (Å²) in [6, 6.07) is 7.91. The number of nitriles is 1. The summed E-state index contributed by atoms with van der Waals surface area (Å²) < 4.78 is 5.12. The van der Waals surface area contributed by atoms with Gasteiger partial charge in [-0.15, -0.1) is 0 Å². The lowest BCUT2D eigenvalue weighted by Gasteiger charge is -2.17. The number of nitrogens with one attached hydrogen (secondary N) is 1. The van der Waals surface area contributed by atoms with E-state index in [1.54, 1.807) is 36.0 Å². The molecule has 1 aromatic carbocycles. The van der Waals surface area contributed by atoms with Crippen LogP contribution in [0.2, 0.25) is 5.02 Å². The molecule has 0 fully saturated rings. The molecule has 0 aliphatic carbocycles. The highest BCUT2D eigenvalue weighted by Gasteiger charge is 2.23. The Morgan fingerprint density at radius 3 is 2.83 bits per heavy atom. The van der Waals surface area contributed by atoms with Crippen molar-refractivity contribution in [1.82, 2.24) is 5.32 Å². The van der Waals surface area contributed by atoms with Gasteiger partial charge >= 0.3 is 5.97 Å². The van der Waals surface area contributed by atoms with Gasteiger partial charge in [-0.2, -0.15) is 17.0 Å². The SMILES string of the molecule is CSCCC(NC(=O)c1ccccc1Cl)C(=O)OCCCC#N. The van der Waals surface area contributed by atoms with Crippen molar-refractivity contribution < 1.29 is 14.3 Å². The molecule has 0 saturated carbocycles. The second kappa shape index (κ2) is 10.9. The fraction of sp³-hybridized carbons (Fsp3) is 0.438. The number of benzene rings is 1. The third kappa shape index (κ3) is 6.93. The quantitative estimate of drug-likeness (QED) is 0.544. The minimum absolute atomic E-state index is 0.171. The van der Waals surface area contributed by atoms with Crippen LogP contribution in [0.5, 0.6) is 0 Å². The Kier molecular flexibility index (Phi) is 9.18. The molecule has 1 rings (SSSR count). The van der Waals surface area contributed by atoms with Crippen LogP contribution in [0.15, 0.2) is 24.3 Å². The summed E-state index contributed by atoms with van der Waals surface area (Å²) in [5.74, 6) is -0.186. The van der Waals surface area contributed by atoms with Gasteiger partial charge in [-0.05, 0) is 37.0 Å². The van der Waals surface area contributed by atoms with Crippen molar-refractivity contribution >= 4 is 35.2 Å². The number of esters is 1. The van der Waals surface area contributed by atoms with Gasteiger partial charge in [-0.25, -0.2) is 4.79 Å². The maximum absolute atomic E-state index is 12.3. The topological polar surface area (TPSA) is 79.2 Å². The first-order chi connectivity index (χ1) is 11.1. The number of halogens is 1. The van der Waals surface area contributed by atoms with Crippen molar-refractivity contribution in [3.05, 3.63) is 34.9 Å². The van der Waals surface area contributed by atoms with E-state index in [0.717, 1.165) is 0 Å². The number of carbonyl (C=O) groups is 2. The molecule has 7 heteroatoms. The first kappa shape index (κ1) is 19.3. The van der Waals surface area contributed by atoms with Gasteiger partial charge < -0.3 is 10.1 Å². The van der Waals surface area contributed by atoms with Crippen LogP contribution >= 0.6 is 23.4 Å². The molecule has 0 bridgehead atoms. The molecule has 0 radical (unpaired) electrons. The Balaban J connectivity index is 2.66. The molecular formula is C16H19ClN2O3S. The van der Waals surface area contributed by atoms with E-state index in [4.69, 9.17) is 21.6 Å². The van der Waals surface area contributed by atoms with E-state index in [9.17, 15) is 9.59 Å². The number of hydrogen-bond donors (Lipinski definition) is 1. The van der Waals surface area contributed by atoms with E-state index in [1.807, 2.05) is 12.3 Å². The number of carbonyl (C=O) groups excluding carboxylic acids is 2. The summed E-state index contributed by atoms with van der Waals surface area (Å²) >= 11 is 7.57. The first-order valence-electron chi connectivity index (χ1n) is 7.18. The molecule has 0 spiro atoms. The second-order valence-corrected chi connectivity index (χ2v) is 6.11. The number of thioether (sulfide) groups is 1. The van der Waals surface area contributed by atoms with Crippen LogP contribution < -0.4 is 5.32 Å². The fourth-order valence-corrected chi connectivity index (χ4v) is 2.48. The predicted molar refractivity (Wildman–Crippen MR) is 91.5 cm³/mol. The zero-order valence-corrected chi connectivity index (χ0v) is 14.5. The Bertz CT molecular complexity index is 575. The van der Waals surface area contributed by atoms with E-state index >= 15 is 0 Å². The second-order valence-electron chi connectivity index (χ2n) is 4.72. The molecular weight excluding hydrogens is 336 g/mol. The monoisotopic (exact) mass is 354 g/mol. The fourth-order valence-electron chi connectivity index (χ4n) is 1.79. The molecule has 0 saturated heterocycles. The van der Waals surface area contributed by atoms with Gasteiger partial charge in [0, 0.05) is 6.42 Å². The Hall–Kier alpha value is -1.71. The van der Waals surface area contributed by atoms with Crippen molar-refractivity contribution in [2.75, 3.05) is 18.6 Å². The number of amides is 1. The van der Waals surface area contributed by atoms with Crippen LogP contribution in [0.4, 0.5) is 0 Å². The van der Waals surface area contributed by atoms with Crippen LogP contribution in [0.3, 0.4) is 0 Å². The van der Waals surface area contributed by atoms with Crippen LogP contribution in [0, 0.1) is 11.3 Å². The number of nitrogens with zero attached hydrogens (tertiary/aromatic N) is 1. The van der Waals surface area contributed by atoms with Crippen LogP contribution in [-0.2, 0) is 9.53 Å². The van der Waals surface area contributed by atoms with Crippen molar-refractivity contribution in [2.45, 2.75) is 25.3 Å². The molecule has 124 valence electrons. The molecule has 0 aromatic heterocycles. The van der Waals surface area contributed by atoms with Gasteiger partial charge in [0.25, 0.3) is 5.91 Å². The molecule has 0 aliphatic rings. The van der Waals surface area contributed by atoms with Gasteiger partial charge in [0.1, 0.15) is 6.04 Å². The molecule has 23 heavy (non-hydrogen) atoms. The van der Waals surface area contributed by atoms with Crippen molar-refractivity contribution in [2.24, 2.45) is 0 Å². The van der Waals surface area contributed by atoms with Gasteiger partial charge in [-0.1, -0.05) is 23.7 Å². The first-order valence-corrected chi connectivity index (χ1v) is 8.95. The predicted octanol–water partition coefficient (Wildman–Crippen LogP) is 3.04. The zero-order valence-electron chi connectivity index (χ0n) is 12.9. The van der Waals surface area contributed by atoms with Gasteiger partial charge in [0.05, 0.1) is 23.3 Å². The zero-order chi connectivity index (χ0) is 17.1. The maximum Gasteiger partial charge on any atom is 0.328 e. The maximum atomic E-state index is 12.3.